The van der Waals surface area contributed by atoms with Gasteiger partial charge in [0, 0.05) is 19.1 Å². The summed E-state index contributed by atoms with van der Waals surface area (Å²) >= 11 is 12.8. The Bertz CT molecular complexity index is 549. The molecule has 1 fully saturated rings. The number of sulfonamides is 1. The third-order valence-electron chi connectivity index (χ3n) is 3.49. The summed E-state index contributed by atoms with van der Waals surface area (Å²) < 4.78 is 27.0. The fraction of sp³-hybridized carbons (Fsp3) is 0.636. The van der Waals surface area contributed by atoms with E-state index >= 15 is 0 Å². The van der Waals surface area contributed by atoms with Crippen molar-refractivity contribution in [1.82, 2.24) is 4.31 Å². The monoisotopic (exact) mass is 342 g/mol. The second-order valence-corrected chi connectivity index (χ2v) is 8.98. The van der Waals surface area contributed by atoms with Gasteiger partial charge in [-0.25, -0.2) is 8.42 Å². The number of rotatable bonds is 3. The minimum atomic E-state index is -3.53. The molecule has 1 aliphatic heterocycles. The molecule has 1 atom stereocenters. The van der Waals surface area contributed by atoms with E-state index in [1.165, 1.54) is 10.4 Å². The smallest absolute Gasteiger partial charge is 0.245 e. The number of nitrogens with two attached hydrogens (primary N) is 1. The Kier molecular flexibility index (Phi) is 4.80. The van der Waals surface area contributed by atoms with Crippen LogP contribution < -0.4 is 5.73 Å². The molecule has 1 saturated heterocycles. The Labute approximate surface area is 127 Å². The van der Waals surface area contributed by atoms with Gasteiger partial charge in [-0.15, -0.1) is 11.3 Å². The second-order valence-electron chi connectivity index (χ2n) is 4.79. The van der Waals surface area contributed by atoms with Gasteiger partial charge in [0.15, 0.2) is 0 Å². The lowest BCUT2D eigenvalue weighted by Crippen LogP contribution is -2.42. The van der Waals surface area contributed by atoms with E-state index in [4.69, 9.17) is 28.9 Å². The summed E-state index contributed by atoms with van der Waals surface area (Å²) in [7, 11) is -3.53. The Morgan fingerprint density at radius 1 is 1.42 bits per heavy atom. The van der Waals surface area contributed by atoms with E-state index in [0.29, 0.717) is 23.3 Å². The first-order valence-electron chi connectivity index (χ1n) is 6.03. The summed E-state index contributed by atoms with van der Waals surface area (Å²) in [6.07, 6.45) is 1.57. The molecule has 1 aromatic heterocycles. The van der Waals surface area contributed by atoms with Crippen LogP contribution in [0.3, 0.4) is 0 Å². The van der Waals surface area contributed by atoms with Crippen molar-refractivity contribution in [3.8, 4) is 0 Å². The van der Waals surface area contributed by atoms with Crippen LogP contribution in [0.5, 0.6) is 0 Å². The maximum Gasteiger partial charge on any atom is 0.245 e. The van der Waals surface area contributed by atoms with Gasteiger partial charge < -0.3 is 5.73 Å². The lowest BCUT2D eigenvalue weighted by Gasteiger charge is -2.32. The van der Waals surface area contributed by atoms with E-state index in [1.54, 1.807) is 0 Å². The highest BCUT2D eigenvalue weighted by Crippen LogP contribution is 2.36. The van der Waals surface area contributed by atoms with Gasteiger partial charge >= 0.3 is 0 Å². The highest BCUT2D eigenvalue weighted by Gasteiger charge is 2.32. The van der Waals surface area contributed by atoms with Crippen LogP contribution in [0.25, 0.3) is 0 Å². The van der Waals surface area contributed by atoms with E-state index in [9.17, 15) is 8.42 Å². The van der Waals surface area contributed by atoms with Crippen molar-refractivity contribution < 1.29 is 8.42 Å². The molecule has 1 unspecified atom stereocenters. The van der Waals surface area contributed by atoms with Gasteiger partial charge in [-0.05, 0) is 31.7 Å². The van der Waals surface area contributed by atoms with Crippen LogP contribution in [0, 0.1) is 5.92 Å². The van der Waals surface area contributed by atoms with E-state index in [0.717, 1.165) is 24.2 Å². The molecule has 0 aromatic carbocycles. The number of hydrogen-bond acceptors (Lipinski definition) is 4. The summed E-state index contributed by atoms with van der Waals surface area (Å²) in [5.41, 5.74) is 5.86. The predicted octanol–water partition coefficient (Wildman–Crippen LogP) is 2.80. The lowest BCUT2D eigenvalue weighted by atomic mass is 9.92. The molecular formula is C11H16Cl2N2O2S2. The summed E-state index contributed by atoms with van der Waals surface area (Å²) in [5.74, 6) is 0.382. The Morgan fingerprint density at radius 3 is 2.42 bits per heavy atom. The lowest BCUT2D eigenvalue weighted by molar-refractivity contribution is 0.251. The molecule has 0 spiro atoms. The van der Waals surface area contributed by atoms with Crippen LogP contribution in [-0.4, -0.2) is 31.9 Å². The summed E-state index contributed by atoms with van der Waals surface area (Å²) in [6.45, 7) is 2.93. The molecule has 2 heterocycles. The van der Waals surface area contributed by atoms with Crippen molar-refractivity contribution in [3.63, 3.8) is 0 Å². The van der Waals surface area contributed by atoms with Crippen LogP contribution in [0.4, 0.5) is 0 Å². The maximum absolute atomic E-state index is 12.5. The first-order chi connectivity index (χ1) is 8.82. The van der Waals surface area contributed by atoms with Crippen molar-refractivity contribution in [2.75, 3.05) is 13.1 Å². The van der Waals surface area contributed by atoms with Crippen molar-refractivity contribution >= 4 is 44.6 Å². The van der Waals surface area contributed by atoms with E-state index < -0.39 is 10.0 Å². The second kappa shape index (κ2) is 5.87. The van der Waals surface area contributed by atoms with Gasteiger partial charge in [-0.3, -0.25) is 0 Å². The zero-order valence-corrected chi connectivity index (χ0v) is 13.6. The molecule has 0 bridgehead atoms. The zero-order chi connectivity index (χ0) is 14.2. The molecule has 0 aliphatic carbocycles. The molecule has 2 rings (SSSR count). The minimum absolute atomic E-state index is 0.101. The fourth-order valence-electron chi connectivity index (χ4n) is 2.28. The quantitative estimate of drug-likeness (QED) is 0.918. The molecule has 1 aromatic rings. The van der Waals surface area contributed by atoms with Crippen LogP contribution >= 0.6 is 34.5 Å². The predicted molar refractivity (Wildman–Crippen MR) is 79.5 cm³/mol. The first kappa shape index (κ1) is 15.5. The van der Waals surface area contributed by atoms with E-state index in [-0.39, 0.29) is 15.3 Å². The zero-order valence-electron chi connectivity index (χ0n) is 10.5. The summed E-state index contributed by atoms with van der Waals surface area (Å²) in [4.78, 5) is 0.114. The van der Waals surface area contributed by atoms with Gasteiger partial charge in [0.1, 0.15) is 9.23 Å². The molecule has 0 amide bonds. The number of hydrogen-bond donors (Lipinski definition) is 1. The molecule has 19 heavy (non-hydrogen) atoms. The molecule has 108 valence electrons. The third-order valence-corrected chi connectivity index (χ3v) is 7.14. The topological polar surface area (TPSA) is 63.4 Å². The molecule has 0 saturated carbocycles. The van der Waals surface area contributed by atoms with Crippen LogP contribution in [0.1, 0.15) is 19.8 Å². The average molecular weight is 343 g/mol. The standard InChI is InChI=1S/C11H16Cl2N2O2S2/c1-7(14)8-2-4-15(5-3-8)19(16,17)9-6-10(12)18-11(9)13/h6-8H,2-5,14H2,1H3. The largest absolute Gasteiger partial charge is 0.328 e. The third kappa shape index (κ3) is 3.25. The fourth-order valence-corrected chi connectivity index (χ4v) is 5.86. The molecular weight excluding hydrogens is 327 g/mol. The molecule has 0 radical (unpaired) electrons. The maximum atomic E-state index is 12.5. The Morgan fingerprint density at radius 2 is 2.00 bits per heavy atom. The van der Waals surface area contributed by atoms with Gasteiger partial charge in [0.25, 0.3) is 0 Å². The normalized spacial score (nSPS) is 20.6. The summed E-state index contributed by atoms with van der Waals surface area (Å²) in [6, 6.07) is 1.52. The van der Waals surface area contributed by atoms with Crippen molar-refractivity contribution in [3.05, 3.63) is 14.7 Å². The summed E-state index contributed by atoms with van der Waals surface area (Å²) in [5, 5.41) is 0. The minimum Gasteiger partial charge on any atom is -0.328 e. The van der Waals surface area contributed by atoms with Crippen molar-refractivity contribution in [1.29, 1.82) is 0 Å². The van der Waals surface area contributed by atoms with E-state index in [1.807, 2.05) is 6.92 Å². The Hall–Kier alpha value is 0.150. The first-order valence-corrected chi connectivity index (χ1v) is 9.04. The van der Waals surface area contributed by atoms with Crippen LogP contribution in [0.2, 0.25) is 8.67 Å². The SMILES string of the molecule is CC(N)C1CCN(S(=O)(=O)c2cc(Cl)sc2Cl)CC1. The van der Waals surface area contributed by atoms with Crippen molar-refractivity contribution in [2.45, 2.75) is 30.7 Å². The van der Waals surface area contributed by atoms with Gasteiger partial charge in [0.05, 0.1) is 4.34 Å². The molecule has 8 heteroatoms. The molecule has 1 aliphatic rings. The molecule has 4 nitrogen and oxygen atoms in total. The molecule has 2 N–H and O–H groups in total. The van der Waals surface area contributed by atoms with Gasteiger partial charge in [0.2, 0.25) is 10.0 Å². The van der Waals surface area contributed by atoms with Crippen LogP contribution in [-0.2, 0) is 10.0 Å². The highest BCUT2D eigenvalue weighted by atomic mass is 35.5. The van der Waals surface area contributed by atoms with E-state index in [2.05, 4.69) is 0 Å². The highest BCUT2D eigenvalue weighted by molar-refractivity contribution is 7.89. The number of halogens is 2. The van der Waals surface area contributed by atoms with Crippen LogP contribution in [0.15, 0.2) is 11.0 Å². The Balaban J connectivity index is 2.16. The average Bonchev–Trinajstić information content (AvgIpc) is 2.69. The van der Waals surface area contributed by atoms with Gasteiger partial charge in [-0.2, -0.15) is 4.31 Å². The number of thiophene rings is 1. The van der Waals surface area contributed by atoms with Gasteiger partial charge in [-0.1, -0.05) is 23.2 Å². The number of nitrogens with zero attached hydrogens (tertiary/aromatic N) is 1. The number of piperidine rings is 1. The van der Waals surface area contributed by atoms with Crippen molar-refractivity contribution in [2.24, 2.45) is 11.7 Å².